The van der Waals surface area contributed by atoms with Gasteiger partial charge in [-0.1, -0.05) is 38.5 Å². The van der Waals surface area contributed by atoms with Crippen LogP contribution in [0, 0.1) is 5.92 Å². The van der Waals surface area contributed by atoms with Crippen molar-refractivity contribution >= 4 is 5.96 Å². The summed E-state index contributed by atoms with van der Waals surface area (Å²) < 4.78 is 5.37. The molecule has 1 heterocycles. The van der Waals surface area contributed by atoms with Crippen molar-refractivity contribution in [1.82, 2.24) is 15.5 Å². The molecule has 0 aromatic rings. The van der Waals surface area contributed by atoms with Gasteiger partial charge in [0, 0.05) is 32.7 Å². The highest BCUT2D eigenvalue weighted by Gasteiger charge is 2.25. The number of β-amino-alcohol motifs (C(OH)–C–C–N with tert-alkyl or cyclic N) is 1. The van der Waals surface area contributed by atoms with E-state index in [1.165, 1.54) is 44.9 Å². The number of hydrogen-bond acceptors (Lipinski definition) is 4. The highest BCUT2D eigenvalue weighted by Crippen LogP contribution is 2.28. The van der Waals surface area contributed by atoms with Crippen molar-refractivity contribution in [2.75, 3.05) is 52.5 Å². The highest BCUT2D eigenvalue weighted by molar-refractivity contribution is 5.79. The van der Waals surface area contributed by atoms with E-state index in [-0.39, 0.29) is 0 Å². The monoisotopic (exact) mass is 368 g/mol. The molecule has 3 N–H and O–H groups in total. The van der Waals surface area contributed by atoms with Crippen LogP contribution in [-0.2, 0) is 4.74 Å². The van der Waals surface area contributed by atoms with E-state index in [2.05, 4.69) is 27.4 Å². The number of nitrogens with one attached hydrogen (secondary N) is 2. The summed E-state index contributed by atoms with van der Waals surface area (Å²) in [5, 5.41) is 17.4. The molecule has 2 rings (SSSR count). The molecular weight excluding hydrogens is 328 g/mol. The van der Waals surface area contributed by atoms with Crippen molar-refractivity contribution in [1.29, 1.82) is 0 Å². The molecule has 26 heavy (non-hydrogen) atoms. The lowest BCUT2D eigenvalue weighted by molar-refractivity contribution is -0.0179. The second-order valence-electron chi connectivity index (χ2n) is 8.15. The van der Waals surface area contributed by atoms with E-state index in [9.17, 15) is 5.11 Å². The van der Waals surface area contributed by atoms with Crippen LogP contribution in [-0.4, -0.2) is 74.0 Å². The van der Waals surface area contributed by atoms with Crippen LogP contribution in [0.1, 0.15) is 58.8 Å². The molecule has 1 aliphatic heterocycles. The minimum absolute atomic E-state index is 0.405. The topological polar surface area (TPSA) is 69.1 Å². The molecule has 1 atom stereocenters. The first-order valence-corrected chi connectivity index (χ1v) is 10.6. The number of ether oxygens (including phenoxy) is 1. The Hall–Kier alpha value is -0.850. The Balaban J connectivity index is 1.66. The van der Waals surface area contributed by atoms with Gasteiger partial charge in [0.05, 0.1) is 25.4 Å². The maximum Gasteiger partial charge on any atom is 0.191 e. The zero-order valence-electron chi connectivity index (χ0n) is 16.9. The van der Waals surface area contributed by atoms with Crippen LogP contribution in [0.3, 0.4) is 0 Å². The third-order valence-electron chi connectivity index (χ3n) is 5.40. The van der Waals surface area contributed by atoms with Crippen molar-refractivity contribution in [3.05, 3.63) is 0 Å². The van der Waals surface area contributed by atoms with Gasteiger partial charge in [-0.25, -0.2) is 0 Å². The molecule has 0 aromatic heterocycles. The molecule has 1 saturated carbocycles. The van der Waals surface area contributed by atoms with E-state index < -0.39 is 5.60 Å². The molecule has 2 aliphatic rings. The fourth-order valence-corrected chi connectivity index (χ4v) is 3.95. The second-order valence-corrected chi connectivity index (χ2v) is 8.15. The highest BCUT2D eigenvalue weighted by atomic mass is 16.5. The van der Waals surface area contributed by atoms with Gasteiger partial charge in [-0.15, -0.1) is 0 Å². The molecule has 2 fully saturated rings. The Morgan fingerprint density at radius 1 is 1.19 bits per heavy atom. The third kappa shape index (κ3) is 8.69. The molecule has 0 radical (unpaired) electrons. The zero-order chi connectivity index (χ0) is 18.7. The average molecular weight is 369 g/mol. The SMILES string of the molecule is CCNC(=NCC(C)(O)CN1CCOCC1)NCCCCC1CCCC1. The number of unbranched alkanes of at least 4 members (excludes halogenated alkanes) is 1. The Morgan fingerprint density at radius 2 is 1.92 bits per heavy atom. The van der Waals surface area contributed by atoms with Crippen LogP contribution in [0.5, 0.6) is 0 Å². The van der Waals surface area contributed by atoms with Gasteiger partial charge < -0.3 is 20.5 Å². The van der Waals surface area contributed by atoms with Crippen molar-refractivity contribution in [3.63, 3.8) is 0 Å². The van der Waals surface area contributed by atoms with Crippen LogP contribution in [0.25, 0.3) is 0 Å². The number of nitrogens with zero attached hydrogens (tertiary/aromatic N) is 2. The maximum absolute atomic E-state index is 10.7. The van der Waals surface area contributed by atoms with Crippen LogP contribution >= 0.6 is 0 Å². The van der Waals surface area contributed by atoms with E-state index >= 15 is 0 Å². The smallest absolute Gasteiger partial charge is 0.191 e. The molecule has 6 nitrogen and oxygen atoms in total. The molecule has 0 aromatic carbocycles. The molecule has 1 aliphatic carbocycles. The number of hydrogen-bond donors (Lipinski definition) is 3. The summed E-state index contributed by atoms with van der Waals surface area (Å²) >= 11 is 0. The van der Waals surface area contributed by atoms with Gasteiger partial charge in [-0.05, 0) is 26.2 Å². The fraction of sp³-hybridized carbons (Fsp3) is 0.950. The van der Waals surface area contributed by atoms with Crippen LogP contribution in [0.15, 0.2) is 4.99 Å². The number of rotatable bonds is 10. The predicted octanol–water partition coefficient (Wildman–Crippen LogP) is 1.99. The lowest BCUT2D eigenvalue weighted by atomic mass is 10.0. The Labute approximate surface area is 159 Å². The van der Waals surface area contributed by atoms with Crippen LogP contribution in [0.4, 0.5) is 0 Å². The van der Waals surface area contributed by atoms with Gasteiger partial charge in [0.1, 0.15) is 0 Å². The molecule has 0 spiro atoms. The molecular formula is C20H40N4O2. The van der Waals surface area contributed by atoms with E-state index in [0.717, 1.165) is 51.3 Å². The lowest BCUT2D eigenvalue weighted by Gasteiger charge is -2.33. The minimum atomic E-state index is -0.817. The zero-order valence-corrected chi connectivity index (χ0v) is 16.9. The lowest BCUT2D eigenvalue weighted by Crippen LogP contribution is -2.48. The predicted molar refractivity (Wildman–Crippen MR) is 108 cm³/mol. The summed E-state index contributed by atoms with van der Waals surface area (Å²) in [5.41, 5.74) is -0.817. The largest absolute Gasteiger partial charge is 0.387 e. The summed E-state index contributed by atoms with van der Waals surface area (Å²) in [5.74, 6) is 1.79. The molecule has 6 heteroatoms. The Bertz CT molecular complexity index is 403. The van der Waals surface area contributed by atoms with Crippen molar-refractivity contribution in [2.45, 2.75) is 64.4 Å². The number of aliphatic imine (C=N–C) groups is 1. The van der Waals surface area contributed by atoms with Gasteiger partial charge in [-0.3, -0.25) is 9.89 Å². The van der Waals surface area contributed by atoms with Gasteiger partial charge in [0.15, 0.2) is 5.96 Å². The molecule has 0 bridgehead atoms. The van der Waals surface area contributed by atoms with Gasteiger partial charge in [-0.2, -0.15) is 0 Å². The summed E-state index contributed by atoms with van der Waals surface area (Å²) in [6.45, 7) is 10.1. The van der Waals surface area contributed by atoms with E-state index in [0.29, 0.717) is 13.1 Å². The summed E-state index contributed by atoms with van der Waals surface area (Å²) in [7, 11) is 0. The maximum atomic E-state index is 10.7. The number of morpholine rings is 1. The Kier molecular flexibility index (Phi) is 9.72. The molecule has 0 amide bonds. The first-order valence-electron chi connectivity index (χ1n) is 10.6. The summed E-state index contributed by atoms with van der Waals surface area (Å²) in [4.78, 5) is 6.86. The number of guanidine groups is 1. The van der Waals surface area contributed by atoms with Crippen molar-refractivity contribution < 1.29 is 9.84 Å². The van der Waals surface area contributed by atoms with Crippen molar-refractivity contribution in [3.8, 4) is 0 Å². The van der Waals surface area contributed by atoms with E-state index in [1.54, 1.807) is 0 Å². The van der Waals surface area contributed by atoms with Gasteiger partial charge in [0.2, 0.25) is 0 Å². The molecule has 152 valence electrons. The normalized spacial score (nSPS) is 22.3. The Morgan fingerprint density at radius 3 is 2.62 bits per heavy atom. The van der Waals surface area contributed by atoms with Crippen molar-refractivity contribution in [2.24, 2.45) is 10.9 Å². The average Bonchev–Trinajstić information content (AvgIpc) is 3.13. The third-order valence-corrected chi connectivity index (χ3v) is 5.40. The van der Waals surface area contributed by atoms with Gasteiger partial charge in [0.25, 0.3) is 0 Å². The number of aliphatic hydroxyl groups is 1. The standard InChI is InChI=1S/C20H40N4O2/c1-3-21-19(22-11-7-6-10-18-8-4-5-9-18)23-16-20(2,25)17-24-12-14-26-15-13-24/h18,25H,3-17H2,1-2H3,(H2,21,22,23). The quantitative estimate of drug-likeness (QED) is 0.313. The van der Waals surface area contributed by atoms with Crippen LogP contribution < -0.4 is 10.6 Å². The summed E-state index contributed by atoms with van der Waals surface area (Å²) in [6.07, 6.45) is 9.61. The summed E-state index contributed by atoms with van der Waals surface area (Å²) in [6, 6.07) is 0. The van der Waals surface area contributed by atoms with Crippen LogP contribution in [0.2, 0.25) is 0 Å². The van der Waals surface area contributed by atoms with E-state index in [4.69, 9.17) is 4.74 Å². The fourth-order valence-electron chi connectivity index (χ4n) is 3.95. The minimum Gasteiger partial charge on any atom is -0.387 e. The molecule has 1 saturated heterocycles. The first kappa shape index (κ1) is 21.5. The van der Waals surface area contributed by atoms with E-state index in [1.807, 2.05) is 6.92 Å². The van der Waals surface area contributed by atoms with Gasteiger partial charge >= 0.3 is 0 Å². The first-order chi connectivity index (χ1) is 12.6. The second kappa shape index (κ2) is 11.8. The molecule has 1 unspecified atom stereocenters.